The van der Waals surface area contributed by atoms with Crippen LogP contribution in [0.15, 0.2) is 72.8 Å². The first-order chi connectivity index (χ1) is 15.6. The molecular formula is C27H32N2O3. The number of rotatable bonds is 11. The Kier molecular flexibility index (Phi) is 8.70. The summed E-state index contributed by atoms with van der Waals surface area (Å²) < 4.78 is 11.2. The van der Waals surface area contributed by atoms with Gasteiger partial charge in [0, 0.05) is 18.3 Å². The van der Waals surface area contributed by atoms with Crippen LogP contribution in [0.25, 0.3) is 0 Å². The number of nitrogens with one attached hydrogen (secondary N) is 2. The van der Waals surface area contributed by atoms with Gasteiger partial charge < -0.3 is 20.1 Å². The Morgan fingerprint density at radius 1 is 0.969 bits per heavy atom. The van der Waals surface area contributed by atoms with Crippen molar-refractivity contribution in [1.29, 1.82) is 0 Å². The van der Waals surface area contributed by atoms with Crippen LogP contribution in [0, 0.1) is 6.92 Å². The predicted octanol–water partition coefficient (Wildman–Crippen LogP) is 5.65. The molecule has 0 radical (unpaired) electrons. The van der Waals surface area contributed by atoms with Gasteiger partial charge in [-0.25, -0.2) is 0 Å². The topological polar surface area (TPSA) is 59.6 Å². The van der Waals surface area contributed by atoms with Crippen molar-refractivity contribution in [2.24, 2.45) is 0 Å². The molecule has 3 aromatic rings. The lowest BCUT2D eigenvalue weighted by Crippen LogP contribution is -2.21. The molecule has 2 N–H and O–H groups in total. The number of anilines is 1. The second-order valence-electron chi connectivity index (χ2n) is 7.82. The van der Waals surface area contributed by atoms with Gasteiger partial charge in [0.1, 0.15) is 0 Å². The van der Waals surface area contributed by atoms with Gasteiger partial charge in [-0.2, -0.15) is 0 Å². The van der Waals surface area contributed by atoms with E-state index in [9.17, 15) is 4.79 Å². The highest BCUT2D eigenvalue weighted by atomic mass is 16.5. The summed E-state index contributed by atoms with van der Waals surface area (Å²) in [6.45, 7) is 4.83. The third-order valence-electron chi connectivity index (χ3n) is 5.25. The molecule has 5 heteroatoms. The van der Waals surface area contributed by atoms with E-state index in [2.05, 4.69) is 41.8 Å². The minimum atomic E-state index is -0.216. The fourth-order valence-electron chi connectivity index (χ4n) is 3.52. The van der Waals surface area contributed by atoms with Crippen LogP contribution >= 0.6 is 0 Å². The summed E-state index contributed by atoms with van der Waals surface area (Å²) in [5.41, 5.74) is 4.28. The number of hydrogen-bond donors (Lipinski definition) is 2. The first kappa shape index (κ1) is 23.4. The fourth-order valence-corrected chi connectivity index (χ4v) is 3.52. The van der Waals surface area contributed by atoms with E-state index in [0.29, 0.717) is 24.1 Å². The van der Waals surface area contributed by atoms with Gasteiger partial charge in [-0.15, -0.1) is 0 Å². The predicted molar refractivity (Wildman–Crippen MR) is 129 cm³/mol. The summed E-state index contributed by atoms with van der Waals surface area (Å²) in [5, 5.41) is 6.48. The van der Waals surface area contributed by atoms with E-state index in [1.54, 1.807) is 7.11 Å². The van der Waals surface area contributed by atoms with Gasteiger partial charge in [0.15, 0.2) is 18.1 Å². The van der Waals surface area contributed by atoms with Crippen molar-refractivity contribution in [2.75, 3.05) is 19.0 Å². The average Bonchev–Trinajstić information content (AvgIpc) is 2.82. The van der Waals surface area contributed by atoms with E-state index in [1.807, 2.05) is 55.5 Å². The third-order valence-corrected chi connectivity index (χ3v) is 5.25. The van der Waals surface area contributed by atoms with E-state index in [-0.39, 0.29) is 12.5 Å². The van der Waals surface area contributed by atoms with Crippen molar-refractivity contribution >= 4 is 11.6 Å². The van der Waals surface area contributed by atoms with Gasteiger partial charge >= 0.3 is 0 Å². The van der Waals surface area contributed by atoms with E-state index in [1.165, 1.54) is 5.56 Å². The minimum Gasteiger partial charge on any atom is -0.493 e. The largest absolute Gasteiger partial charge is 0.493 e. The Morgan fingerprint density at radius 3 is 2.41 bits per heavy atom. The van der Waals surface area contributed by atoms with Crippen LogP contribution in [0.3, 0.4) is 0 Å². The van der Waals surface area contributed by atoms with E-state index >= 15 is 0 Å². The lowest BCUT2D eigenvalue weighted by Gasteiger charge is -2.19. The summed E-state index contributed by atoms with van der Waals surface area (Å²) in [6, 6.07) is 24.3. The number of carbonyl (C=O) groups is 1. The summed E-state index contributed by atoms with van der Waals surface area (Å²) in [6.07, 6.45) is 2.17. The smallest absolute Gasteiger partial charge is 0.262 e. The number of benzene rings is 3. The van der Waals surface area contributed by atoms with Crippen LogP contribution < -0.4 is 20.1 Å². The molecule has 0 saturated heterocycles. The molecule has 0 heterocycles. The summed E-state index contributed by atoms with van der Waals surface area (Å²) in [4.78, 5) is 12.2. The molecule has 0 aliphatic heterocycles. The molecule has 0 aliphatic rings. The lowest BCUT2D eigenvalue weighted by molar-refractivity contribution is -0.118. The van der Waals surface area contributed by atoms with Gasteiger partial charge in [0.25, 0.3) is 5.91 Å². The normalized spacial score (nSPS) is 11.6. The molecule has 5 nitrogen and oxygen atoms in total. The number of aryl methyl sites for hydroxylation is 1. The molecule has 0 fully saturated rings. The van der Waals surface area contributed by atoms with Crippen LogP contribution in [0.2, 0.25) is 0 Å². The number of ether oxygens (including phenoxy) is 2. The number of hydrogen-bond acceptors (Lipinski definition) is 4. The summed E-state index contributed by atoms with van der Waals surface area (Å²) in [5.74, 6) is 0.939. The highest BCUT2D eigenvalue weighted by Crippen LogP contribution is 2.28. The van der Waals surface area contributed by atoms with E-state index < -0.39 is 0 Å². The quantitative estimate of drug-likeness (QED) is 0.411. The van der Waals surface area contributed by atoms with Crippen LogP contribution in [0.4, 0.5) is 5.69 Å². The highest BCUT2D eigenvalue weighted by Gasteiger charge is 2.12. The fraction of sp³-hybridized carbons (Fsp3) is 0.296. The molecule has 168 valence electrons. The molecular weight excluding hydrogens is 400 g/mol. The van der Waals surface area contributed by atoms with Crippen LogP contribution in [0.5, 0.6) is 11.5 Å². The van der Waals surface area contributed by atoms with Gasteiger partial charge in [0.2, 0.25) is 0 Å². The Bertz CT molecular complexity index is 988. The SMILES string of the molecule is CCCC(NCc1ccc(OCC(=O)Nc2ccc(C)cc2)c(OC)c1)c1ccccc1. The van der Waals surface area contributed by atoms with Crippen molar-refractivity contribution < 1.29 is 14.3 Å². The van der Waals surface area contributed by atoms with Gasteiger partial charge in [0.05, 0.1) is 7.11 Å². The monoisotopic (exact) mass is 432 g/mol. The van der Waals surface area contributed by atoms with Crippen molar-refractivity contribution in [3.63, 3.8) is 0 Å². The molecule has 1 unspecified atom stereocenters. The Hall–Kier alpha value is -3.31. The van der Waals surface area contributed by atoms with E-state index in [0.717, 1.165) is 29.7 Å². The lowest BCUT2D eigenvalue weighted by atomic mass is 10.0. The zero-order chi connectivity index (χ0) is 22.8. The number of amides is 1. The Labute approximate surface area is 190 Å². The maximum Gasteiger partial charge on any atom is 0.262 e. The molecule has 32 heavy (non-hydrogen) atoms. The minimum absolute atomic E-state index is 0.0889. The molecule has 0 saturated carbocycles. The first-order valence-electron chi connectivity index (χ1n) is 11.0. The van der Waals surface area contributed by atoms with Crippen molar-refractivity contribution in [1.82, 2.24) is 5.32 Å². The highest BCUT2D eigenvalue weighted by molar-refractivity contribution is 5.91. The molecule has 0 aliphatic carbocycles. The third kappa shape index (κ3) is 6.86. The van der Waals surface area contributed by atoms with Crippen molar-refractivity contribution in [3.8, 4) is 11.5 Å². The number of carbonyl (C=O) groups excluding carboxylic acids is 1. The van der Waals surface area contributed by atoms with Crippen LogP contribution in [0.1, 0.15) is 42.5 Å². The van der Waals surface area contributed by atoms with Gasteiger partial charge in [-0.3, -0.25) is 4.79 Å². The summed E-state index contributed by atoms with van der Waals surface area (Å²) >= 11 is 0. The molecule has 3 aromatic carbocycles. The zero-order valence-corrected chi connectivity index (χ0v) is 19.1. The molecule has 0 spiro atoms. The molecule has 0 aromatic heterocycles. The van der Waals surface area contributed by atoms with Gasteiger partial charge in [-0.1, -0.05) is 67.4 Å². The first-order valence-corrected chi connectivity index (χ1v) is 11.0. The maximum absolute atomic E-state index is 12.2. The molecule has 1 amide bonds. The Morgan fingerprint density at radius 2 is 1.72 bits per heavy atom. The standard InChI is InChI=1S/C27H32N2O3/c1-4-8-24(22-9-6-5-7-10-22)28-18-21-13-16-25(26(17-21)31-3)32-19-27(30)29-23-14-11-20(2)12-15-23/h5-7,9-17,24,28H,4,8,18-19H2,1-3H3,(H,29,30). The number of methoxy groups -OCH3 is 1. The molecule has 3 rings (SSSR count). The van der Waals surface area contributed by atoms with Crippen LogP contribution in [-0.2, 0) is 11.3 Å². The van der Waals surface area contributed by atoms with Crippen molar-refractivity contribution in [3.05, 3.63) is 89.5 Å². The average molecular weight is 433 g/mol. The molecule has 1 atom stereocenters. The van der Waals surface area contributed by atoms with Gasteiger partial charge in [-0.05, 0) is 48.7 Å². The Balaban J connectivity index is 1.57. The maximum atomic E-state index is 12.2. The molecule has 0 bridgehead atoms. The summed E-state index contributed by atoms with van der Waals surface area (Å²) in [7, 11) is 1.61. The zero-order valence-electron chi connectivity index (χ0n) is 19.1. The second kappa shape index (κ2) is 11.9. The second-order valence-corrected chi connectivity index (χ2v) is 7.82. The van der Waals surface area contributed by atoms with Crippen molar-refractivity contribution in [2.45, 2.75) is 39.3 Å². The van der Waals surface area contributed by atoms with E-state index in [4.69, 9.17) is 9.47 Å². The van der Waals surface area contributed by atoms with Crippen LogP contribution in [-0.4, -0.2) is 19.6 Å².